The molecule has 35 heavy (non-hydrogen) atoms. The molecular weight excluding hydrogens is 472 g/mol. The lowest BCUT2D eigenvalue weighted by molar-refractivity contribution is -0.129. The van der Waals surface area contributed by atoms with Crippen molar-refractivity contribution in [3.8, 4) is 17.2 Å². The first-order valence-electron chi connectivity index (χ1n) is 11.0. The summed E-state index contributed by atoms with van der Waals surface area (Å²) in [7, 11) is 2.87. The fourth-order valence-electron chi connectivity index (χ4n) is 4.91. The normalized spacial score (nSPS) is 21.1. The molecule has 9 heteroatoms. The van der Waals surface area contributed by atoms with Gasteiger partial charge in [-0.15, -0.1) is 0 Å². The Bertz CT molecular complexity index is 1510. The third kappa shape index (κ3) is 3.39. The monoisotopic (exact) mass is 494 g/mol. The molecule has 3 aromatic rings. The van der Waals surface area contributed by atoms with Crippen molar-refractivity contribution >= 4 is 39.8 Å². The van der Waals surface area contributed by atoms with Gasteiger partial charge >= 0.3 is 0 Å². The minimum Gasteiger partial charge on any atom is -0.496 e. The van der Waals surface area contributed by atoms with Crippen LogP contribution in [0.1, 0.15) is 29.3 Å². The molecule has 2 heterocycles. The van der Waals surface area contributed by atoms with E-state index in [1.165, 1.54) is 26.4 Å². The Morgan fingerprint density at radius 1 is 1.11 bits per heavy atom. The topological polar surface area (TPSA) is 107 Å². The number of halogens is 1. The van der Waals surface area contributed by atoms with E-state index in [4.69, 9.17) is 25.8 Å². The summed E-state index contributed by atoms with van der Waals surface area (Å²) in [6, 6.07) is 8.65. The molecule has 1 aliphatic carbocycles. The molecule has 2 atom stereocenters. The van der Waals surface area contributed by atoms with E-state index in [-0.39, 0.29) is 33.4 Å². The molecule has 2 aliphatic rings. The van der Waals surface area contributed by atoms with Crippen LogP contribution in [0.25, 0.3) is 10.9 Å². The number of carbonyl (C=O) groups excluding carboxylic acids is 2. The van der Waals surface area contributed by atoms with Gasteiger partial charge in [-0.25, -0.2) is 0 Å². The molecule has 1 aliphatic heterocycles. The molecule has 0 bridgehead atoms. The molecule has 0 amide bonds. The number of aromatic nitrogens is 1. The van der Waals surface area contributed by atoms with Crippen LogP contribution in [-0.4, -0.2) is 36.4 Å². The first-order chi connectivity index (χ1) is 16.7. The fraction of sp³-hybridized carbons (Fsp3) is 0.269. The lowest BCUT2D eigenvalue weighted by Gasteiger charge is -2.35. The number of ketones is 2. The highest BCUT2D eigenvalue weighted by molar-refractivity contribution is 6.36. The van der Waals surface area contributed by atoms with Crippen LogP contribution in [0.5, 0.6) is 17.2 Å². The molecule has 180 valence electrons. The number of H-pyrrole nitrogens is 1. The number of fused-ring (bicyclic) bond motifs is 2. The van der Waals surface area contributed by atoms with Crippen LogP contribution in [0.2, 0.25) is 5.02 Å². The van der Waals surface area contributed by atoms with E-state index < -0.39 is 23.1 Å². The lowest BCUT2D eigenvalue weighted by Crippen LogP contribution is -2.55. The van der Waals surface area contributed by atoms with Crippen LogP contribution < -0.4 is 25.1 Å². The Balaban J connectivity index is 1.50. The van der Waals surface area contributed by atoms with Crippen molar-refractivity contribution in [2.45, 2.75) is 25.9 Å². The lowest BCUT2D eigenvalue weighted by atomic mass is 9.74. The van der Waals surface area contributed by atoms with Crippen LogP contribution in [0, 0.1) is 12.8 Å². The SMILES string of the molecule is COc1cc(OC)c2c(c1Cl)OC1(C(=O)C=C(Nc3ccc4c(C)cc(=O)[nH]c4c3)CC1C)C2=O. The summed E-state index contributed by atoms with van der Waals surface area (Å²) in [5.41, 5.74) is 1.12. The highest BCUT2D eigenvalue weighted by atomic mass is 35.5. The van der Waals surface area contributed by atoms with Gasteiger partial charge < -0.3 is 24.5 Å². The number of aryl methyl sites for hydroxylation is 1. The second kappa shape index (κ2) is 8.16. The molecule has 0 radical (unpaired) electrons. The zero-order valence-corrected chi connectivity index (χ0v) is 20.3. The number of carbonyl (C=O) groups is 2. The minimum absolute atomic E-state index is 0.0896. The molecule has 1 spiro atoms. The second-order valence-corrected chi connectivity index (χ2v) is 9.18. The standard InChI is InChI=1S/C26H23ClN2O6/c1-12-7-21(31)29-17-9-14(5-6-16(12)17)28-15-8-13(2)26(20(30)10-15)25(32)22-18(33-3)11-19(34-4)23(27)24(22)35-26/h5-7,9-11,13,28H,8H2,1-4H3,(H,29,31). The molecule has 0 fully saturated rings. The number of aromatic amines is 1. The highest BCUT2D eigenvalue weighted by Gasteiger charge is 2.60. The van der Waals surface area contributed by atoms with Crippen molar-refractivity contribution in [2.75, 3.05) is 19.5 Å². The zero-order chi connectivity index (χ0) is 25.1. The van der Waals surface area contributed by atoms with Gasteiger partial charge in [-0.2, -0.15) is 0 Å². The van der Waals surface area contributed by atoms with Crippen LogP contribution in [0.15, 0.2) is 46.9 Å². The number of benzene rings is 2. The molecule has 2 unspecified atom stereocenters. The maximum atomic E-state index is 13.6. The van der Waals surface area contributed by atoms with Gasteiger partial charge in [0.05, 0.1) is 19.7 Å². The van der Waals surface area contributed by atoms with E-state index in [9.17, 15) is 14.4 Å². The van der Waals surface area contributed by atoms with Crippen molar-refractivity contribution in [3.05, 3.63) is 68.6 Å². The average molecular weight is 495 g/mol. The third-order valence-electron chi connectivity index (χ3n) is 6.66. The van der Waals surface area contributed by atoms with E-state index >= 15 is 0 Å². The summed E-state index contributed by atoms with van der Waals surface area (Å²) in [6.45, 7) is 3.66. The van der Waals surface area contributed by atoms with Gasteiger partial charge in [0.15, 0.2) is 5.75 Å². The number of ether oxygens (including phenoxy) is 3. The molecule has 2 aromatic carbocycles. The molecular formula is C26H23ClN2O6. The fourth-order valence-corrected chi connectivity index (χ4v) is 5.18. The van der Waals surface area contributed by atoms with E-state index in [0.717, 1.165) is 10.9 Å². The largest absolute Gasteiger partial charge is 0.496 e. The first-order valence-corrected chi connectivity index (χ1v) is 11.4. The van der Waals surface area contributed by atoms with Crippen molar-refractivity contribution in [3.63, 3.8) is 0 Å². The number of Topliss-reactive ketones (excluding diaryl/α,β-unsaturated/α-hetero) is 1. The number of rotatable bonds is 4. The van der Waals surface area contributed by atoms with E-state index in [1.807, 2.05) is 25.1 Å². The smallest absolute Gasteiger partial charge is 0.248 e. The van der Waals surface area contributed by atoms with Gasteiger partial charge in [0, 0.05) is 40.9 Å². The van der Waals surface area contributed by atoms with Gasteiger partial charge in [-0.1, -0.05) is 24.6 Å². The van der Waals surface area contributed by atoms with Gasteiger partial charge in [-0.05, 0) is 31.0 Å². The molecule has 1 aromatic heterocycles. The van der Waals surface area contributed by atoms with E-state index in [0.29, 0.717) is 23.3 Å². The third-order valence-corrected chi connectivity index (χ3v) is 7.02. The van der Waals surface area contributed by atoms with Crippen LogP contribution in [0.3, 0.4) is 0 Å². The average Bonchev–Trinajstić information content (AvgIpc) is 3.12. The van der Waals surface area contributed by atoms with Gasteiger partial charge in [-0.3, -0.25) is 14.4 Å². The molecule has 8 nitrogen and oxygen atoms in total. The van der Waals surface area contributed by atoms with Crippen LogP contribution in [0.4, 0.5) is 5.69 Å². The van der Waals surface area contributed by atoms with Gasteiger partial charge in [0.2, 0.25) is 22.7 Å². The van der Waals surface area contributed by atoms with Crippen molar-refractivity contribution in [2.24, 2.45) is 5.92 Å². The summed E-state index contributed by atoms with van der Waals surface area (Å²) in [6.07, 6.45) is 1.76. The van der Waals surface area contributed by atoms with Gasteiger partial charge in [0.25, 0.3) is 0 Å². The molecule has 5 rings (SSSR count). The summed E-state index contributed by atoms with van der Waals surface area (Å²) in [5, 5.41) is 4.29. The van der Waals surface area contributed by atoms with Gasteiger partial charge in [0.1, 0.15) is 22.1 Å². The number of hydrogen-bond donors (Lipinski definition) is 2. The van der Waals surface area contributed by atoms with Crippen molar-refractivity contribution in [1.82, 2.24) is 4.98 Å². The number of nitrogens with one attached hydrogen (secondary N) is 2. The number of pyridine rings is 1. The van der Waals surface area contributed by atoms with Crippen molar-refractivity contribution < 1.29 is 23.8 Å². The number of methoxy groups -OCH3 is 2. The quantitative estimate of drug-likeness (QED) is 0.517. The first kappa shape index (κ1) is 23.0. The maximum absolute atomic E-state index is 13.6. The molecule has 0 saturated heterocycles. The van der Waals surface area contributed by atoms with E-state index in [1.54, 1.807) is 13.0 Å². The Morgan fingerprint density at radius 2 is 1.86 bits per heavy atom. The van der Waals surface area contributed by atoms with Crippen LogP contribution >= 0.6 is 11.6 Å². The summed E-state index contributed by atoms with van der Waals surface area (Å²) in [4.78, 5) is 41.7. The number of allylic oxidation sites excluding steroid dienone is 1. The minimum atomic E-state index is -1.73. The summed E-state index contributed by atoms with van der Waals surface area (Å²) < 4.78 is 16.7. The summed E-state index contributed by atoms with van der Waals surface area (Å²) in [5.74, 6) is -0.868. The predicted octanol–water partition coefficient (Wildman–Crippen LogP) is 4.43. The Labute approximate surface area is 205 Å². The zero-order valence-electron chi connectivity index (χ0n) is 19.6. The maximum Gasteiger partial charge on any atom is 0.248 e. The predicted molar refractivity (Wildman–Crippen MR) is 132 cm³/mol. The molecule has 0 saturated carbocycles. The van der Waals surface area contributed by atoms with Crippen LogP contribution in [-0.2, 0) is 4.79 Å². The Morgan fingerprint density at radius 3 is 2.54 bits per heavy atom. The summed E-state index contributed by atoms with van der Waals surface area (Å²) >= 11 is 6.43. The molecule has 2 N–H and O–H groups in total. The Hall–Kier alpha value is -3.78. The number of hydrogen-bond acceptors (Lipinski definition) is 7. The number of anilines is 1. The Kier molecular flexibility index (Phi) is 5.36. The van der Waals surface area contributed by atoms with E-state index in [2.05, 4.69) is 10.3 Å². The highest BCUT2D eigenvalue weighted by Crippen LogP contribution is 2.53. The van der Waals surface area contributed by atoms with Crippen molar-refractivity contribution in [1.29, 1.82) is 0 Å². The second-order valence-electron chi connectivity index (χ2n) is 8.81.